The molecule has 0 fully saturated rings. The Bertz CT molecular complexity index is 298. The summed E-state index contributed by atoms with van der Waals surface area (Å²) in [5, 5.41) is 7.08. The van der Waals surface area contributed by atoms with Gasteiger partial charge in [-0.25, -0.2) is 4.39 Å². The molecule has 0 unspecified atom stereocenters. The van der Waals surface area contributed by atoms with E-state index in [1.54, 1.807) is 6.07 Å². The van der Waals surface area contributed by atoms with E-state index in [0.717, 1.165) is 0 Å². The molecule has 3 N–H and O–H groups in total. The van der Waals surface area contributed by atoms with E-state index >= 15 is 0 Å². The van der Waals surface area contributed by atoms with E-state index < -0.39 is 0 Å². The highest BCUT2D eigenvalue weighted by Crippen LogP contribution is 2.14. The zero-order valence-electron chi connectivity index (χ0n) is 5.57. The lowest BCUT2D eigenvalue weighted by Gasteiger charge is -2.01. The van der Waals surface area contributed by atoms with Crippen LogP contribution in [-0.4, -0.2) is 5.84 Å². The van der Waals surface area contributed by atoms with Gasteiger partial charge in [-0.1, -0.05) is 12.1 Å². The largest absolute Gasteiger partial charge is 0.384 e. The Morgan fingerprint density at radius 2 is 2.18 bits per heavy atom. The van der Waals surface area contributed by atoms with Gasteiger partial charge in [0.1, 0.15) is 11.7 Å². The van der Waals surface area contributed by atoms with Crippen molar-refractivity contribution in [2.45, 2.75) is 0 Å². The molecule has 1 aromatic rings. The van der Waals surface area contributed by atoms with Crippen molar-refractivity contribution in [1.29, 1.82) is 5.41 Å². The normalized spacial score (nSPS) is 9.64. The molecule has 0 aliphatic carbocycles. The van der Waals surface area contributed by atoms with Gasteiger partial charge in [0.2, 0.25) is 0 Å². The summed E-state index contributed by atoms with van der Waals surface area (Å²) in [5.41, 5.74) is 5.64. The molecule has 0 atom stereocenters. The van der Waals surface area contributed by atoms with Crippen molar-refractivity contribution in [3.8, 4) is 0 Å². The number of hydrogen-bond acceptors (Lipinski definition) is 1. The number of benzene rings is 1. The predicted octanol–water partition coefficient (Wildman–Crippen LogP) is 1.71. The standard InChI is InChI=1S/C7H6FIN2/c8-5-3-1-2-4(6(5)9)7(10)11/h1-3H,(H3,10,11). The quantitative estimate of drug-likeness (QED) is 0.453. The SMILES string of the molecule is N=C(N)c1cccc(F)c1I. The van der Waals surface area contributed by atoms with Crippen LogP contribution in [0.25, 0.3) is 0 Å². The molecule has 0 spiro atoms. The van der Waals surface area contributed by atoms with Crippen molar-refractivity contribution >= 4 is 28.4 Å². The highest BCUT2D eigenvalue weighted by molar-refractivity contribution is 14.1. The van der Waals surface area contributed by atoms with Gasteiger partial charge in [-0.2, -0.15) is 0 Å². The fourth-order valence-electron chi connectivity index (χ4n) is 0.712. The van der Waals surface area contributed by atoms with Crippen molar-refractivity contribution in [3.63, 3.8) is 0 Å². The number of nitrogen functional groups attached to an aromatic ring is 1. The van der Waals surface area contributed by atoms with Crippen molar-refractivity contribution in [3.05, 3.63) is 33.1 Å². The third kappa shape index (κ3) is 1.68. The molecule has 0 saturated heterocycles. The average Bonchev–Trinajstić information content (AvgIpc) is 1.94. The van der Waals surface area contributed by atoms with Crippen LogP contribution < -0.4 is 5.73 Å². The minimum atomic E-state index is -0.335. The van der Waals surface area contributed by atoms with E-state index in [9.17, 15) is 4.39 Å². The molecule has 11 heavy (non-hydrogen) atoms. The molecule has 0 heterocycles. The fraction of sp³-hybridized carbons (Fsp3) is 0. The van der Waals surface area contributed by atoms with E-state index in [1.165, 1.54) is 12.1 Å². The summed E-state index contributed by atoms with van der Waals surface area (Å²) in [7, 11) is 0. The number of nitrogens with one attached hydrogen (secondary N) is 1. The Kier molecular flexibility index (Phi) is 2.43. The number of hydrogen-bond donors (Lipinski definition) is 2. The lowest BCUT2D eigenvalue weighted by Crippen LogP contribution is -2.13. The zero-order valence-corrected chi connectivity index (χ0v) is 7.72. The van der Waals surface area contributed by atoms with Crippen molar-refractivity contribution in [1.82, 2.24) is 0 Å². The van der Waals surface area contributed by atoms with Gasteiger partial charge in [-0.15, -0.1) is 0 Å². The van der Waals surface area contributed by atoms with Gasteiger partial charge in [-0.3, -0.25) is 5.41 Å². The van der Waals surface area contributed by atoms with Crippen molar-refractivity contribution < 1.29 is 4.39 Å². The Morgan fingerprint density at radius 1 is 1.55 bits per heavy atom. The van der Waals surface area contributed by atoms with Crippen LogP contribution in [0.5, 0.6) is 0 Å². The third-order valence-corrected chi connectivity index (χ3v) is 2.34. The maximum absolute atomic E-state index is 12.8. The topological polar surface area (TPSA) is 49.9 Å². The van der Waals surface area contributed by atoms with Gasteiger partial charge in [0.15, 0.2) is 0 Å². The molecular weight excluding hydrogens is 258 g/mol. The maximum Gasteiger partial charge on any atom is 0.137 e. The van der Waals surface area contributed by atoms with Gasteiger partial charge in [0.25, 0.3) is 0 Å². The first-order valence-electron chi connectivity index (χ1n) is 2.91. The molecule has 0 radical (unpaired) electrons. The number of nitrogens with two attached hydrogens (primary N) is 1. The number of halogens is 2. The molecule has 0 aromatic heterocycles. The van der Waals surface area contributed by atoms with E-state index in [4.69, 9.17) is 11.1 Å². The Morgan fingerprint density at radius 3 is 2.64 bits per heavy atom. The first kappa shape index (κ1) is 8.45. The third-order valence-electron chi connectivity index (χ3n) is 1.24. The van der Waals surface area contributed by atoms with Gasteiger partial charge in [0.05, 0.1) is 3.57 Å². The molecule has 0 bridgehead atoms. The summed E-state index contributed by atoms with van der Waals surface area (Å²) in [6.45, 7) is 0. The van der Waals surface area contributed by atoms with Crippen LogP contribution in [0.15, 0.2) is 18.2 Å². The molecule has 2 nitrogen and oxygen atoms in total. The second-order valence-electron chi connectivity index (χ2n) is 2.02. The maximum atomic E-state index is 12.8. The molecule has 0 aliphatic heterocycles. The number of amidine groups is 1. The summed E-state index contributed by atoms with van der Waals surface area (Å²) in [6.07, 6.45) is 0. The minimum Gasteiger partial charge on any atom is -0.384 e. The zero-order chi connectivity index (χ0) is 8.43. The highest BCUT2D eigenvalue weighted by atomic mass is 127. The van der Waals surface area contributed by atoms with E-state index in [-0.39, 0.29) is 11.7 Å². The van der Waals surface area contributed by atoms with Crippen LogP contribution in [0, 0.1) is 14.8 Å². The van der Waals surface area contributed by atoms with Crippen LogP contribution >= 0.6 is 22.6 Å². The second-order valence-corrected chi connectivity index (χ2v) is 3.09. The Balaban J connectivity index is 3.27. The van der Waals surface area contributed by atoms with E-state index in [1.807, 2.05) is 22.6 Å². The molecule has 58 valence electrons. The summed E-state index contributed by atoms with van der Waals surface area (Å²) < 4.78 is 13.2. The van der Waals surface area contributed by atoms with Crippen LogP contribution in [0.2, 0.25) is 0 Å². The van der Waals surface area contributed by atoms with E-state index in [0.29, 0.717) is 9.13 Å². The van der Waals surface area contributed by atoms with Crippen molar-refractivity contribution in [2.24, 2.45) is 5.73 Å². The molecule has 0 aliphatic rings. The smallest absolute Gasteiger partial charge is 0.137 e. The monoisotopic (exact) mass is 264 g/mol. The van der Waals surface area contributed by atoms with E-state index in [2.05, 4.69) is 0 Å². The molecule has 1 rings (SSSR count). The summed E-state index contributed by atoms with van der Waals surface area (Å²) in [4.78, 5) is 0. The summed E-state index contributed by atoms with van der Waals surface area (Å²) >= 11 is 1.82. The second kappa shape index (κ2) is 3.17. The molecule has 1 aromatic carbocycles. The Hall–Kier alpha value is -0.650. The first-order chi connectivity index (χ1) is 5.13. The fourth-order valence-corrected chi connectivity index (χ4v) is 1.36. The van der Waals surface area contributed by atoms with Crippen LogP contribution in [0.4, 0.5) is 4.39 Å². The van der Waals surface area contributed by atoms with Crippen molar-refractivity contribution in [2.75, 3.05) is 0 Å². The molecule has 0 amide bonds. The highest BCUT2D eigenvalue weighted by Gasteiger charge is 2.05. The van der Waals surface area contributed by atoms with Gasteiger partial charge in [-0.05, 0) is 28.7 Å². The number of rotatable bonds is 1. The lowest BCUT2D eigenvalue weighted by atomic mass is 10.2. The molecular formula is C7H6FIN2. The van der Waals surface area contributed by atoms with Gasteiger partial charge >= 0.3 is 0 Å². The minimum absolute atomic E-state index is 0.103. The van der Waals surface area contributed by atoms with Crippen LogP contribution in [0.1, 0.15) is 5.56 Å². The average molecular weight is 264 g/mol. The summed E-state index contributed by atoms with van der Waals surface area (Å²) in [6, 6.07) is 4.50. The molecule has 0 saturated carbocycles. The first-order valence-corrected chi connectivity index (χ1v) is 3.99. The van der Waals surface area contributed by atoms with Crippen LogP contribution in [-0.2, 0) is 0 Å². The van der Waals surface area contributed by atoms with Gasteiger partial charge < -0.3 is 5.73 Å². The predicted molar refractivity (Wildman–Crippen MR) is 50.1 cm³/mol. The Labute approximate surface area is 77.2 Å². The van der Waals surface area contributed by atoms with Crippen LogP contribution in [0.3, 0.4) is 0 Å². The summed E-state index contributed by atoms with van der Waals surface area (Å²) in [5.74, 6) is -0.438. The molecule has 4 heteroatoms. The van der Waals surface area contributed by atoms with Gasteiger partial charge in [0, 0.05) is 5.56 Å². The lowest BCUT2D eigenvalue weighted by molar-refractivity contribution is 0.620.